The van der Waals surface area contributed by atoms with Gasteiger partial charge in [-0.25, -0.2) is 4.79 Å². The van der Waals surface area contributed by atoms with Crippen molar-refractivity contribution in [3.05, 3.63) is 35.5 Å². The van der Waals surface area contributed by atoms with Gasteiger partial charge in [-0.05, 0) is 25.5 Å². The summed E-state index contributed by atoms with van der Waals surface area (Å²) in [5, 5.41) is 6.47. The summed E-state index contributed by atoms with van der Waals surface area (Å²) >= 11 is 0. The standard InChI is InChI=1S/C14H18N4O3/c1-9-5-6-11(7-12(9)20-4)16-14(19)18(3)8-13-15-10(2)17-21-13/h5-7H,8H2,1-4H3,(H,16,19). The lowest BCUT2D eigenvalue weighted by Crippen LogP contribution is -2.31. The van der Waals surface area contributed by atoms with Crippen LogP contribution in [0.3, 0.4) is 0 Å². The van der Waals surface area contributed by atoms with E-state index in [-0.39, 0.29) is 12.6 Å². The fourth-order valence-electron chi connectivity index (χ4n) is 1.80. The van der Waals surface area contributed by atoms with Crippen LogP contribution in [-0.4, -0.2) is 35.2 Å². The lowest BCUT2D eigenvalue weighted by Gasteiger charge is -2.16. The molecule has 0 spiro atoms. The quantitative estimate of drug-likeness (QED) is 0.935. The Morgan fingerprint density at radius 3 is 2.81 bits per heavy atom. The number of rotatable bonds is 4. The highest BCUT2D eigenvalue weighted by Crippen LogP contribution is 2.22. The molecule has 0 aliphatic heterocycles. The Morgan fingerprint density at radius 1 is 1.43 bits per heavy atom. The Kier molecular flexibility index (Phi) is 4.42. The van der Waals surface area contributed by atoms with Crippen molar-refractivity contribution in [1.82, 2.24) is 15.0 Å². The third-order valence-electron chi connectivity index (χ3n) is 2.95. The number of carbonyl (C=O) groups is 1. The molecule has 2 amide bonds. The summed E-state index contributed by atoms with van der Waals surface area (Å²) < 4.78 is 10.2. The van der Waals surface area contributed by atoms with Crippen LogP contribution in [0.4, 0.5) is 10.5 Å². The lowest BCUT2D eigenvalue weighted by molar-refractivity contribution is 0.213. The summed E-state index contributed by atoms with van der Waals surface area (Å²) in [6, 6.07) is 5.21. The first-order valence-electron chi connectivity index (χ1n) is 6.45. The summed E-state index contributed by atoms with van der Waals surface area (Å²) in [6.07, 6.45) is 0. The molecule has 0 aliphatic rings. The number of nitrogens with zero attached hydrogens (tertiary/aromatic N) is 3. The maximum Gasteiger partial charge on any atom is 0.322 e. The van der Waals surface area contributed by atoms with Crippen molar-refractivity contribution >= 4 is 11.7 Å². The number of urea groups is 1. The fourth-order valence-corrected chi connectivity index (χ4v) is 1.80. The van der Waals surface area contributed by atoms with Gasteiger partial charge in [0, 0.05) is 18.8 Å². The fraction of sp³-hybridized carbons (Fsp3) is 0.357. The molecular formula is C14H18N4O3. The van der Waals surface area contributed by atoms with Crippen molar-refractivity contribution in [1.29, 1.82) is 0 Å². The molecule has 0 atom stereocenters. The smallest absolute Gasteiger partial charge is 0.322 e. The van der Waals surface area contributed by atoms with E-state index >= 15 is 0 Å². The molecule has 0 saturated carbocycles. The number of methoxy groups -OCH3 is 1. The number of aromatic nitrogens is 2. The van der Waals surface area contributed by atoms with E-state index in [4.69, 9.17) is 9.26 Å². The SMILES string of the molecule is COc1cc(NC(=O)N(C)Cc2nc(C)no2)ccc1C. The van der Waals surface area contributed by atoms with Crippen molar-refractivity contribution in [3.8, 4) is 5.75 Å². The first-order chi connectivity index (χ1) is 9.99. The third kappa shape index (κ3) is 3.71. The lowest BCUT2D eigenvalue weighted by atomic mass is 10.2. The van der Waals surface area contributed by atoms with E-state index in [1.165, 1.54) is 4.90 Å². The molecule has 0 unspecified atom stereocenters. The van der Waals surface area contributed by atoms with Crippen LogP contribution in [0.2, 0.25) is 0 Å². The zero-order chi connectivity index (χ0) is 15.4. The number of benzene rings is 1. The van der Waals surface area contributed by atoms with Crippen molar-refractivity contribution in [3.63, 3.8) is 0 Å². The minimum Gasteiger partial charge on any atom is -0.496 e. The highest BCUT2D eigenvalue weighted by molar-refractivity contribution is 5.89. The van der Waals surface area contributed by atoms with E-state index in [0.29, 0.717) is 17.4 Å². The normalized spacial score (nSPS) is 10.3. The second-order valence-electron chi connectivity index (χ2n) is 4.71. The van der Waals surface area contributed by atoms with Gasteiger partial charge < -0.3 is 19.5 Å². The van der Waals surface area contributed by atoms with Gasteiger partial charge in [-0.3, -0.25) is 0 Å². The van der Waals surface area contributed by atoms with Gasteiger partial charge in [-0.15, -0.1) is 0 Å². The van der Waals surface area contributed by atoms with Crippen molar-refractivity contribution in [2.24, 2.45) is 0 Å². The van der Waals surface area contributed by atoms with Gasteiger partial charge in [0.1, 0.15) is 12.3 Å². The highest BCUT2D eigenvalue weighted by atomic mass is 16.5. The molecule has 7 nitrogen and oxygen atoms in total. The second kappa shape index (κ2) is 6.25. The van der Waals surface area contributed by atoms with Crippen molar-refractivity contribution in [2.75, 3.05) is 19.5 Å². The summed E-state index contributed by atoms with van der Waals surface area (Å²) in [6.45, 7) is 3.91. The van der Waals surface area contributed by atoms with E-state index in [1.807, 2.05) is 19.1 Å². The minimum absolute atomic E-state index is 0.246. The Balaban J connectivity index is 2.00. The van der Waals surface area contributed by atoms with Crippen LogP contribution in [0.5, 0.6) is 5.75 Å². The van der Waals surface area contributed by atoms with Crippen LogP contribution < -0.4 is 10.1 Å². The van der Waals surface area contributed by atoms with Crippen LogP contribution in [0, 0.1) is 13.8 Å². The summed E-state index contributed by atoms with van der Waals surface area (Å²) in [7, 11) is 3.25. The molecule has 0 bridgehead atoms. The Labute approximate surface area is 122 Å². The average molecular weight is 290 g/mol. The van der Waals surface area contributed by atoms with Crippen LogP contribution in [0.15, 0.2) is 22.7 Å². The second-order valence-corrected chi connectivity index (χ2v) is 4.71. The van der Waals surface area contributed by atoms with E-state index in [2.05, 4.69) is 15.5 Å². The molecule has 0 saturated heterocycles. The first kappa shape index (κ1) is 14.8. The summed E-state index contributed by atoms with van der Waals surface area (Å²) in [5.74, 6) is 1.66. The molecule has 1 aromatic carbocycles. The molecule has 21 heavy (non-hydrogen) atoms. The topological polar surface area (TPSA) is 80.5 Å². The Hall–Kier alpha value is -2.57. The van der Waals surface area contributed by atoms with Crippen molar-refractivity contribution < 1.29 is 14.1 Å². The number of nitrogens with one attached hydrogen (secondary N) is 1. The summed E-state index contributed by atoms with van der Waals surface area (Å²) in [4.78, 5) is 17.6. The largest absolute Gasteiger partial charge is 0.496 e. The monoisotopic (exact) mass is 290 g/mol. The van der Waals surface area contributed by atoms with E-state index in [9.17, 15) is 4.79 Å². The van der Waals surface area contributed by atoms with Crippen molar-refractivity contribution in [2.45, 2.75) is 20.4 Å². The maximum atomic E-state index is 12.1. The molecule has 2 rings (SSSR count). The third-order valence-corrected chi connectivity index (χ3v) is 2.95. The summed E-state index contributed by atoms with van der Waals surface area (Å²) in [5.41, 5.74) is 1.67. The maximum absolute atomic E-state index is 12.1. The molecule has 112 valence electrons. The van der Waals surface area contributed by atoms with Gasteiger partial charge in [0.05, 0.1) is 7.11 Å². The van der Waals surface area contributed by atoms with Crippen LogP contribution in [0.25, 0.3) is 0 Å². The zero-order valence-electron chi connectivity index (χ0n) is 12.5. The highest BCUT2D eigenvalue weighted by Gasteiger charge is 2.13. The molecular weight excluding hydrogens is 272 g/mol. The number of aryl methyl sites for hydroxylation is 2. The molecule has 2 aromatic rings. The number of carbonyl (C=O) groups excluding carboxylic acids is 1. The van der Waals surface area contributed by atoms with E-state index in [1.54, 1.807) is 27.1 Å². The van der Waals surface area contributed by atoms with Gasteiger partial charge in [0.25, 0.3) is 0 Å². The predicted octanol–water partition coefficient (Wildman–Crippen LogP) is 2.36. The number of hydrogen-bond acceptors (Lipinski definition) is 5. The number of amides is 2. The zero-order valence-corrected chi connectivity index (χ0v) is 12.5. The Bertz CT molecular complexity index is 639. The van der Waals surface area contributed by atoms with Gasteiger partial charge in [0.2, 0.25) is 5.89 Å². The van der Waals surface area contributed by atoms with Crippen LogP contribution in [0.1, 0.15) is 17.3 Å². The van der Waals surface area contributed by atoms with Gasteiger partial charge in [-0.1, -0.05) is 11.2 Å². The average Bonchev–Trinajstić information content (AvgIpc) is 2.86. The molecule has 1 aromatic heterocycles. The molecule has 7 heteroatoms. The number of anilines is 1. The molecule has 1 heterocycles. The molecule has 0 fully saturated rings. The first-order valence-corrected chi connectivity index (χ1v) is 6.45. The van der Waals surface area contributed by atoms with Crippen LogP contribution >= 0.6 is 0 Å². The minimum atomic E-state index is -0.267. The van der Waals surface area contributed by atoms with Gasteiger partial charge in [-0.2, -0.15) is 4.98 Å². The number of hydrogen-bond donors (Lipinski definition) is 1. The van der Waals surface area contributed by atoms with Gasteiger partial charge >= 0.3 is 6.03 Å². The van der Waals surface area contributed by atoms with E-state index in [0.717, 1.165) is 11.3 Å². The predicted molar refractivity (Wildman–Crippen MR) is 77.3 cm³/mol. The molecule has 0 radical (unpaired) electrons. The van der Waals surface area contributed by atoms with Crippen LogP contribution in [-0.2, 0) is 6.54 Å². The number of ether oxygens (including phenoxy) is 1. The Morgan fingerprint density at radius 2 is 2.19 bits per heavy atom. The molecule has 0 aliphatic carbocycles. The molecule has 1 N–H and O–H groups in total. The van der Waals surface area contributed by atoms with E-state index < -0.39 is 0 Å². The van der Waals surface area contributed by atoms with Gasteiger partial charge in [0.15, 0.2) is 5.82 Å².